The monoisotopic (exact) mass is 496 g/mol. The first-order chi connectivity index (χ1) is 15.7. The summed E-state index contributed by atoms with van der Waals surface area (Å²) in [6.45, 7) is 16.7. The van der Waals surface area contributed by atoms with Gasteiger partial charge in [0.25, 0.3) is 0 Å². The van der Waals surface area contributed by atoms with Crippen LogP contribution in [0.5, 0.6) is 0 Å². The molecule has 0 spiro atoms. The Morgan fingerprint density at radius 3 is 1.79 bits per heavy atom. The lowest BCUT2D eigenvalue weighted by atomic mass is 9.80. The quantitative estimate of drug-likeness (QED) is 0.128. The maximum atomic E-state index is 13.4. The molecule has 0 bridgehead atoms. The van der Waals surface area contributed by atoms with Crippen LogP contribution in [0.15, 0.2) is 12.2 Å². The van der Waals surface area contributed by atoms with Gasteiger partial charge < -0.3 is 0 Å². The van der Waals surface area contributed by atoms with Gasteiger partial charge in [-0.05, 0) is 42.3 Å². The number of allylic oxidation sites excluding steroid dienone is 2. The van der Waals surface area contributed by atoms with Crippen molar-refractivity contribution in [1.29, 1.82) is 0 Å². The number of hydrogen-bond acceptors (Lipinski definition) is 1. The van der Waals surface area contributed by atoms with Gasteiger partial charge in [0.05, 0.1) is 5.66 Å². The van der Waals surface area contributed by atoms with Crippen molar-refractivity contribution < 1.29 is 4.79 Å². The molecule has 0 saturated heterocycles. The first kappa shape index (κ1) is 31.3. The van der Waals surface area contributed by atoms with Crippen LogP contribution in [-0.2, 0) is 4.79 Å². The fourth-order valence-electron chi connectivity index (χ4n) is 5.49. The van der Waals surface area contributed by atoms with Crippen molar-refractivity contribution in [2.45, 2.75) is 156 Å². The largest absolute Gasteiger partial charge is 0.294 e. The normalized spacial score (nSPS) is 22.0. The molecule has 0 aromatic rings. The molecule has 0 aliphatic carbocycles. The Morgan fingerprint density at radius 2 is 1.21 bits per heavy atom. The molecule has 1 aliphatic heterocycles. The molecule has 1 aliphatic rings. The molecule has 0 fully saturated rings. The fraction of sp³-hybridized carbons (Fsp3) is 0.900. The van der Waals surface area contributed by atoms with Crippen LogP contribution in [0.25, 0.3) is 0 Å². The van der Waals surface area contributed by atoms with Gasteiger partial charge in [-0.25, -0.2) is 0 Å². The standard InChI is InChI=1S/C30H58OP2/c1-8-11-14-15-16-17-20-25-32-33-27(29(4,5)23-18-12-9-2)22-21-26(31)28(33)30(6,7)24-19-13-10-3/h21-22,27-28,32H,8-20,23-25H2,1-7H3. The van der Waals surface area contributed by atoms with Crippen molar-refractivity contribution in [1.82, 2.24) is 0 Å². The highest BCUT2D eigenvalue weighted by Gasteiger charge is 2.47. The molecule has 4 atom stereocenters. The van der Waals surface area contributed by atoms with Gasteiger partial charge >= 0.3 is 0 Å². The van der Waals surface area contributed by atoms with E-state index in [0.717, 1.165) is 8.27 Å². The van der Waals surface area contributed by atoms with E-state index in [0.29, 0.717) is 16.9 Å². The summed E-state index contributed by atoms with van der Waals surface area (Å²) >= 11 is 0. The van der Waals surface area contributed by atoms with Crippen molar-refractivity contribution in [2.24, 2.45) is 10.8 Å². The minimum Gasteiger partial charge on any atom is -0.294 e. The number of ketones is 1. The minimum absolute atomic E-state index is 0.133. The SMILES string of the molecule is CCCCCCCCCPP1C(C(C)(C)CCCCC)C=CC(=O)C1C(C)(C)CCCCC. The number of hydrogen-bond donors (Lipinski definition) is 0. The van der Waals surface area contributed by atoms with Gasteiger partial charge in [-0.15, -0.1) is 0 Å². The first-order valence-corrected chi connectivity index (χ1v) is 18.0. The molecule has 0 aromatic heterocycles. The summed E-state index contributed by atoms with van der Waals surface area (Å²) < 4.78 is 0. The third kappa shape index (κ3) is 11.2. The second kappa shape index (κ2) is 16.9. The van der Waals surface area contributed by atoms with Crippen molar-refractivity contribution in [3.8, 4) is 0 Å². The zero-order chi connectivity index (χ0) is 24.7. The molecule has 194 valence electrons. The maximum Gasteiger partial charge on any atom is 0.163 e. The molecule has 0 amide bonds. The van der Waals surface area contributed by atoms with Crippen molar-refractivity contribution >= 4 is 21.7 Å². The van der Waals surface area contributed by atoms with E-state index in [9.17, 15) is 4.79 Å². The molecule has 0 saturated carbocycles. The molecule has 1 heterocycles. The molecular weight excluding hydrogens is 438 g/mol. The number of carbonyl (C=O) groups excluding carboxylic acids is 1. The van der Waals surface area contributed by atoms with E-state index in [1.807, 2.05) is 6.08 Å². The maximum absolute atomic E-state index is 13.4. The van der Waals surface area contributed by atoms with Gasteiger partial charge in [-0.2, -0.15) is 0 Å². The molecule has 0 aromatic carbocycles. The summed E-state index contributed by atoms with van der Waals surface area (Å²) in [4.78, 5) is 13.4. The summed E-state index contributed by atoms with van der Waals surface area (Å²) in [5, 5.41) is 0. The zero-order valence-electron chi connectivity index (χ0n) is 23.5. The van der Waals surface area contributed by atoms with Gasteiger partial charge in [0.1, 0.15) is 0 Å². The Labute approximate surface area is 211 Å². The zero-order valence-corrected chi connectivity index (χ0v) is 25.4. The molecule has 1 rings (SSSR count). The van der Waals surface area contributed by atoms with Crippen LogP contribution < -0.4 is 0 Å². The van der Waals surface area contributed by atoms with E-state index < -0.39 is 0 Å². The highest BCUT2D eigenvalue weighted by Crippen LogP contribution is 2.72. The van der Waals surface area contributed by atoms with Gasteiger partial charge in [0, 0.05) is 5.66 Å². The lowest BCUT2D eigenvalue weighted by molar-refractivity contribution is -0.116. The molecule has 3 heteroatoms. The Kier molecular flexibility index (Phi) is 16.0. The number of carbonyl (C=O) groups is 1. The van der Waals surface area contributed by atoms with Crippen molar-refractivity contribution in [3.05, 3.63) is 12.2 Å². The summed E-state index contributed by atoms with van der Waals surface area (Å²) in [6, 6.07) is 0. The first-order valence-electron chi connectivity index (χ1n) is 14.4. The van der Waals surface area contributed by atoms with E-state index in [4.69, 9.17) is 0 Å². The van der Waals surface area contributed by atoms with Crippen LogP contribution in [0, 0.1) is 10.8 Å². The highest BCUT2D eigenvalue weighted by molar-refractivity contribution is 8.22. The van der Waals surface area contributed by atoms with Crippen LogP contribution in [0.1, 0.15) is 145 Å². The van der Waals surface area contributed by atoms with Gasteiger partial charge in [-0.1, -0.05) is 147 Å². The van der Waals surface area contributed by atoms with Crippen LogP contribution in [0.2, 0.25) is 0 Å². The van der Waals surface area contributed by atoms with Crippen molar-refractivity contribution in [2.75, 3.05) is 6.16 Å². The Balaban J connectivity index is 2.92. The van der Waals surface area contributed by atoms with Gasteiger partial charge in [0.2, 0.25) is 0 Å². The number of unbranched alkanes of at least 4 members (excludes halogenated alkanes) is 10. The molecule has 0 radical (unpaired) electrons. The Bertz CT molecular complexity index is 551. The second-order valence-corrected chi connectivity index (χ2v) is 17.1. The summed E-state index contributed by atoms with van der Waals surface area (Å²) in [7, 11) is 0.696. The minimum atomic E-state index is -0.294. The third-order valence-electron chi connectivity index (χ3n) is 7.76. The van der Waals surface area contributed by atoms with Crippen molar-refractivity contribution in [3.63, 3.8) is 0 Å². The summed E-state index contributed by atoms with van der Waals surface area (Å²) in [5.74, 6) is 0.454. The number of rotatable bonds is 19. The van der Waals surface area contributed by atoms with E-state index in [-0.39, 0.29) is 18.7 Å². The molecular formula is C30H58OP2. The Morgan fingerprint density at radius 1 is 0.727 bits per heavy atom. The van der Waals surface area contributed by atoms with E-state index in [2.05, 4.69) is 54.5 Å². The van der Waals surface area contributed by atoms with E-state index in [1.54, 1.807) is 0 Å². The third-order valence-corrected chi connectivity index (χ3v) is 15.1. The summed E-state index contributed by atoms with van der Waals surface area (Å²) in [5.41, 5.74) is 1.32. The van der Waals surface area contributed by atoms with Crippen LogP contribution >= 0.6 is 15.9 Å². The predicted molar refractivity (Wildman–Crippen MR) is 156 cm³/mol. The van der Waals surface area contributed by atoms with Gasteiger partial charge in [0.15, 0.2) is 5.78 Å². The molecule has 33 heavy (non-hydrogen) atoms. The lowest BCUT2D eigenvalue weighted by Gasteiger charge is -2.48. The van der Waals surface area contributed by atoms with Gasteiger partial charge in [-0.3, -0.25) is 4.79 Å². The summed E-state index contributed by atoms with van der Waals surface area (Å²) in [6.07, 6.45) is 25.7. The smallest absolute Gasteiger partial charge is 0.163 e. The molecule has 1 nitrogen and oxygen atoms in total. The van der Waals surface area contributed by atoms with E-state index >= 15 is 0 Å². The van der Waals surface area contributed by atoms with E-state index in [1.165, 1.54) is 102 Å². The van der Waals surface area contributed by atoms with Crippen LogP contribution in [0.3, 0.4) is 0 Å². The average Bonchev–Trinajstić information content (AvgIpc) is 2.75. The molecule has 4 unspecified atom stereocenters. The molecule has 0 N–H and O–H groups in total. The topological polar surface area (TPSA) is 17.1 Å². The predicted octanol–water partition coefficient (Wildman–Crippen LogP) is 10.9. The van der Waals surface area contributed by atoms with Crippen LogP contribution in [0.4, 0.5) is 0 Å². The van der Waals surface area contributed by atoms with Crippen LogP contribution in [-0.4, -0.2) is 23.3 Å². The average molecular weight is 497 g/mol. The Hall–Kier alpha value is 0.270. The second-order valence-electron chi connectivity index (χ2n) is 11.9. The highest BCUT2D eigenvalue weighted by atomic mass is 32.0. The lowest BCUT2D eigenvalue weighted by Crippen LogP contribution is -2.41. The fourth-order valence-corrected chi connectivity index (χ4v) is 14.4.